The molecule has 0 aromatic rings. The molecule has 0 saturated carbocycles. The summed E-state index contributed by atoms with van der Waals surface area (Å²) in [6.07, 6.45) is 1.64. The number of hydrogen-bond acceptors (Lipinski definition) is 3. The summed E-state index contributed by atoms with van der Waals surface area (Å²) < 4.78 is 0. The third kappa shape index (κ3) is 6.61. The fourth-order valence-corrected chi connectivity index (χ4v) is 2.71. The molecule has 12 heavy (non-hydrogen) atoms. The van der Waals surface area contributed by atoms with E-state index in [1.54, 1.807) is 0 Å². The molecule has 0 fully saturated rings. The average molecular weight is 239 g/mol. The molecular formula is C7H16N2O2Se. The van der Waals surface area contributed by atoms with Crippen molar-refractivity contribution >= 4 is 20.9 Å². The third-order valence-electron chi connectivity index (χ3n) is 1.38. The van der Waals surface area contributed by atoms with Gasteiger partial charge in [0.25, 0.3) is 0 Å². The van der Waals surface area contributed by atoms with Crippen molar-refractivity contribution in [1.82, 2.24) is 0 Å². The molecule has 4 nitrogen and oxygen atoms in total. The van der Waals surface area contributed by atoms with Gasteiger partial charge in [0.2, 0.25) is 0 Å². The van der Waals surface area contributed by atoms with Gasteiger partial charge in [-0.1, -0.05) is 0 Å². The van der Waals surface area contributed by atoms with E-state index in [0.717, 1.165) is 23.6 Å². The SMILES string of the molecule is NCCC[Se]CC[C@H](N)C(=O)O. The van der Waals surface area contributed by atoms with Crippen LogP contribution in [-0.4, -0.2) is 38.6 Å². The summed E-state index contributed by atoms with van der Waals surface area (Å²) in [6, 6.07) is -0.676. The average Bonchev–Trinajstić information content (AvgIpc) is 2.03. The van der Waals surface area contributed by atoms with E-state index in [0.29, 0.717) is 21.4 Å². The van der Waals surface area contributed by atoms with Crippen LogP contribution in [0.5, 0.6) is 0 Å². The van der Waals surface area contributed by atoms with Gasteiger partial charge in [-0.3, -0.25) is 0 Å². The van der Waals surface area contributed by atoms with Crippen LogP contribution in [0.25, 0.3) is 0 Å². The molecule has 0 aromatic heterocycles. The number of hydrogen-bond donors (Lipinski definition) is 3. The molecule has 0 aromatic carbocycles. The van der Waals surface area contributed by atoms with Gasteiger partial charge >= 0.3 is 78.4 Å². The topological polar surface area (TPSA) is 89.3 Å². The van der Waals surface area contributed by atoms with Crippen LogP contribution in [0.4, 0.5) is 0 Å². The molecule has 5 N–H and O–H groups in total. The number of rotatable bonds is 7. The molecule has 1 atom stereocenters. The Morgan fingerprint density at radius 2 is 2.17 bits per heavy atom. The van der Waals surface area contributed by atoms with Crippen LogP contribution in [0.15, 0.2) is 0 Å². The standard InChI is InChI=1S/C7H16N2O2Se/c8-3-1-4-12-5-2-6(9)7(10)11/h6H,1-5,8-9H2,(H,10,11)/t6-/m0/s1. The van der Waals surface area contributed by atoms with Crippen molar-refractivity contribution in [3.63, 3.8) is 0 Å². The molecule has 0 aliphatic carbocycles. The first-order chi connectivity index (χ1) is 5.68. The molecule has 0 bridgehead atoms. The van der Waals surface area contributed by atoms with Crippen LogP contribution in [-0.2, 0) is 4.79 Å². The van der Waals surface area contributed by atoms with Gasteiger partial charge < -0.3 is 0 Å². The van der Waals surface area contributed by atoms with E-state index in [9.17, 15) is 4.79 Å². The molecule has 0 amide bonds. The Morgan fingerprint density at radius 3 is 2.67 bits per heavy atom. The first-order valence-electron chi connectivity index (χ1n) is 3.94. The number of carbonyl (C=O) groups is 1. The van der Waals surface area contributed by atoms with Gasteiger partial charge in [0.05, 0.1) is 0 Å². The number of carboxylic acid groups (broad SMARTS) is 1. The summed E-state index contributed by atoms with van der Waals surface area (Å²) in [5.74, 6) is -0.898. The van der Waals surface area contributed by atoms with Crippen LogP contribution >= 0.6 is 0 Å². The van der Waals surface area contributed by atoms with E-state index in [1.165, 1.54) is 0 Å². The van der Waals surface area contributed by atoms with E-state index in [4.69, 9.17) is 16.6 Å². The summed E-state index contributed by atoms with van der Waals surface area (Å²) in [6.45, 7) is 0.729. The minimum absolute atomic E-state index is 0.520. The normalized spacial score (nSPS) is 12.8. The Morgan fingerprint density at radius 1 is 1.50 bits per heavy atom. The summed E-state index contributed by atoms with van der Waals surface area (Å²) >= 11 is 0.520. The second kappa shape index (κ2) is 7.55. The van der Waals surface area contributed by atoms with E-state index in [1.807, 2.05) is 0 Å². The van der Waals surface area contributed by atoms with Gasteiger partial charge in [-0.25, -0.2) is 0 Å². The molecule has 0 spiro atoms. The monoisotopic (exact) mass is 240 g/mol. The molecule has 0 saturated heterocycles. The molecule has 0 heterocycles. The number of carboxylic acids is 1. The van der Waals surface area contributed by atoms with E-state index >= 15 is 0 Å². The summed E-state index contributed by atoms with van der Waals surface area (Å²) in [4.78, 5) is 10.3. The maximum atomic E-state index is 10.3. The zero-order chi connectivity index (χ0) is 9.40. The van der Waals surface area contributed by atoms with Crippen LogP contribution in [0.2, 0.25) is 10.6 Å². The van der Waals surface area contributed by atoms with E-state index < -0.39 is 12.0 Å². The second-order valence-electron chi connectivity index (χ2n) is 2.49. The summed E-state index contributed by atoms with van der Waals surface area (Å²) in [5, 5.41) is 10.5. The predicted octanol–water partition coefficient (Wildman–Crippen LogP) is -0.322. The quantitative estimate of drug-likeness (QED) is 0.419. The van der Waals surface area contributed by atoms with Crippen LogP contribution in [0, 0.1) is 0 Å². The Balaban J connectivity index is 3.14. The zero-order valence-corrected chi connectivity index (χ0v) is 8.74. The first-order valence-corrected chi connectivity index (χ1v) is 6.37. The number of aliphatic carboxylic acids is 1. The van der Waals surface area contributed by atoms with Crippen LogP contribution in [0.1, 0.15) is 12.8 Å². The van der Waals surface area contributed by atoms with Gasteiger partial charge in [0, 0.05) is 0 Å². The second-order valence-corrected chi connectivity index (χ2v) is 5.06. The van der Waals surface area contributed by atoms with Gasteiger partial charge in [-0.15, -0.1) is 0 Å². The molecule has 5 heteroatoms. The molecule has 0 rings (SSSR count). The van der Waals surface area contributed by atoms with Crippen molar-refractivity contribution in [3.05, 3.63) is 0 Å². The van der Waals surface area contributed by atoms with Crippen molar-refractivity contribution < 1.29 is 9.90 Å². The van der Waals surface area contributed by atoms with Crippen molar-refractivity contribution in [2.24, 2.45) is 11.5 Å². The van der Waals surface area contributed by atoms with E-state index in [2.05, 4.69) is 0 Å². The molecule has 72 valence electrons. The van der Waals surface area contributed by atoms with Crippen molar-refractivity contribution in [3.8, 4) is 0 Å². The molecular weight excluding hydrogens is 223 g/mol. The van der Waals surface area contributed by atoms with Gasteiger partial charge in [-0.2, -0.15) is 0 Å². The van der Waals surface area contributed by atoms with Gasteiger partial charge in [0.1, 0.15) is 0 Å². The van der Waals surface area contributed by atoms with Crippen molar-refractivity contribution in [2.45, 2.75) is 29.5 Å². The van der Waals surface area contributed by atoms with Crippen molar-refractivity contribution in [2.75, 3.05) is 6.54 Å². The van der Waals surface area contributed by atoms with Crippen LogP contribution < -0.4 is 11.5 Å². The Hall–Kier alpha value is -0.0905. The van der Waals surface area contributed by atoms with Gasteiger partial charge in [0.15, 0.2) is 0 Å². The fourth-order valence-electron chi connectivity index (χ4n) is 0.621. The third-order valence-corrected chi connectivity index (χ3v) is 3.69. The van der Waals surface area contributed by atoms with Crippen molar-refractivity contribution in [1.29, 1.82) is 0 Å². The van der Waals surface area contributed by atoms with Gasteiger partial charge in [-0.05, 0) is 0 Å². The summed E-state index contributed by atoms with van der Waals surface area (Å²) in [7, 11) is 0. The summed E-state index contributed by atoms with van der Waals surface area (Å²) in [5.41, 5.74) is 10.6. The Kier molecular flexibility index (Phi) is 7.50. The minimum atomic E-state index is -0.898. The molecule has 0 radical (unpaired) electrons. The Labute approximate surface area is 78.8 Å². The van der Waals surface area contributed by atoms with E-state index in [-0.39, 0.29) is 0 Å². The predicted molar refractivity (Wildman–Crippen MR) is 49.3 cm³/mol. The molecule has 0 aliphatic heterocycles. The first kappa shape index (κ1) is 11.9. The molecule has 0 unspecified atom stereocenters. The van der Waals surface area contributed by atoms with Crippen LogP contribution in [0.3, 0.4) is 0 Å². The maximum absolute atomic E-state index is 10.3. The Bertz CT molecular complexity index is 133. The number of nitrogens with two attached hydrogens (primary N) is 2. The fraction of sp³-hybridized carbons (Fsp3) is 0.857. The molecule has 0 aliphatic rings. The zero-order valence-electron chi connectivity index (χ0n) is 7.03.